The van der Waals surface area contributed by atoms with Gasteiger partial charge in [0.15, 0.2) is 10.9 Å². The highest BCUT2D eigenvalue weighted by Crippen LogP contribution is 2.30. The number of nitrogen functional groups attached to an aromatic ring is 2. The van der Waals surface area contributed by atoms with Crippen LogP contribution in [0.15, 0.2) is 55.6 Å². The molecule has 0 radical (unpaired) electrons. The molecule has 27 heavy (non-hydrogen) atoms. The molecule has 0 amide bonds. The molecular weight excluding hydrogens is 364 g/mol. The Hall–Kier alpha value is -3.58. The van der Waals surface area contributed by atoms with Gasteiger partial charge < -0.3 is 11.5 Å². The minimum atomic E-state index is -0.510. The molecule has 130 valence electrons. The van der Waals surface area contributed by atoms with Gasteiger partial charge >= 0.3 is 0 Å². The van der Waals surface area contributed by atoms with Crippen molar-refractivity contribution in [3.8, 4) is 0 Å². The van der Waals surface area contributed by atoms with Crippen LogP contribution in [0.25, 0.3) is 41.7 Å². The fraction of sp³-hybridized carbons (Fsp3) is 0. The van der Waals surface area contributed by atoms with E-state index in [1.54, 1.807) is 12.1 Å². The molecule has 4 N–H and O–H groups in total. The Bertz CT molecular complexity index is 1680. The average molecular weight is 374 g/mol. The number of thiophene rings is 1. The van der Waals surface area contributed by atoms with Crippen LogP contribution in [-0.4, -0.2) is 0 Å². The monoisotopic (exact) mass is 374 g/mol. The molecule has 0 aliphatic rings. The maximum atomic E-state index is 13.1. The first kappa shape index (κ1) is 15.7. The SMILES string of the molecule is Nc1cccc2c(=O)c3c(sc4c(=O)c5cccc(N)c5c(=O)c43)c(=O)c12. The molecule has 6 nitrogen and oxygen atoms in total. The number of rotatable bonds is 0. The Labute approximate surface area is 153 Å². The lowest BCUT2D eigenvalue weighted by molar-refractivity contribution is 1.67. The molecule has 0 fully saturated rings. The van der Waals surface area contributed by atoms with E-state index in [-0.39, 0.29) is 53.1 Å². The van der Waals surface area contributed by atoms with Crippen molar-refractivity contribution in [1.82, 2.24) is 0 Å². The fourth-order valence-electron chi connectivity index (χ4n) is 3.71. The van der Waals surface area contributed by atoms with E-state index in [9.17, 15) is 19.2 Å². The fourth-order valence-corrected chi connectivity index (χ4v) is 4.90. The summed E-state index contributed by atoms with van der Waals surface area (Å²) in [5.74, 6) is 0. The van der Waals surface area contributed by atoms with Crippen molar-refractivity contribution < 1.29 is 0 Å². The van der Waals surface area contributed by atoms with E-state index < -0.39 is 21.7 Å². The molecule has 4 aromatic carbocycles. The molecule has 1 aromatic heterocycles. The van der Waals surface area contributed by atoms with E-state index in [2.05, 4.69) is 0 Å². The second-order valence-electron chi connectivity index (χ2n) is 6.37. The summed E-state index contributed by atoms with van der Waals surface area (Å²) < 4.78 is 0.166. The van der Waals surface area contributed by atoms with E-state index in [1.807, 2.05) is 0 Å². The molecule has 1 heterocycles. The average Bonchev–Trinajstić information content (AvgIpc) is 3.05. The van der Waals surface area contributed by atoms with E-state index >= 15 is 0 Å². The molecular formula is C20H10N2O4S. The smallest absolute Gasteiger partial charge is 0.206 e. The third kappa shape index (κ3) is 1.78. The van der Waals surface area contributed by atoms with Gasteiger partial charge in [-0.1, -0.05) is 24.3 Å². The highest BCUT2D eigenvalue weighted by Gasteiger charge is 2.23. The van der Waals surface area contributed by atoms with Gasteiger partial charge in [0.05, 0.1) is 30.9 Å². The molecule has 0 aliphatic heterocycles. The standard InChI is InChI=1S/C20H10N2O4S/c21-9-5-2-4-8-11(9)17(25)14-13-15(23)7-3-1-6-10(22)12(7)18(26)20(13)27-19(14)16(8)24/h1-6H,21-22H2. The van der Waals surface area contributed by atoms with Crippen molar-refractivity contribution >= 4 is 64.4 Å². The number of fused-ring (bicyclic) bond motifs is 5. The predicted molar refractivity (Wildman–Crippen MR) is 111 cm³/mol. The van der Waals surface area contributed by atoms with Gasteiger partial charge in [0.2, 0.25) is 10.9 Å². The maximum Gasteiger partial charge on any atom is 0.206 e. The lowest BCUT2D eigenvalue weighted by Crippen LogP contribution is -2.16. The normalized spacial score (nSPS) is 11.9. The number of hydrogen-bond acceptors (Lipinski definition) is 7. The van der Waals surface area contributed by atoms with Crippen LogP contribution in [0, 0.1) is 0 Å². The highest BCUT2D eigenvalue weighted by molar-refractivity contribution is 7.25. The maximum absolute atomic E-state index is 13.1. The van der Waals surface area contributed by atoms with Crippen LogP contribution in [0.4, 0.5) is 11.4 Å². The molecule has 7 heteroatoms. The van der Waals surface area contributed by atoms with Gasteiger partial charge in [0, 0.05) is 22.1 Å². The first-order chi connectivity index (χ1) is 12.9. The van der Waals surface area contributed by atoms with Crippen LogP contribution in [0.2, 0.25) is 0 Å². The summed E-state index contributed by atoms with van der Waals surface area (Å²) in [6, 6.07) is 9.24. The summed E-state index contributed by atoms with van der Waals surface area (Å²) in [6.45, 7) is 0. The lowest BCUT2D eigenvalue weighted by atomic mass is 10.0. The first-order valence-corrected chi connectivity index (χ1v) is 8.86. The summed E-state index contributed by atoms with van der Waals surface area (Å²) in [6.07, 6.45) is 0. The Morgan fingerprint density at radius 2 is 1.04 bits per heavy atom. The molecule has 5 aromatic rings. The summed E-state index contributed by atoms with van der Waals surface area (Å²) in [7, 11) is 0. The zero-order valence-electron chi connectivity index (χ0n) is 13.7. The van der Waals surface area contributed by atoms with E-state index in [0.29, 0.717) is 0 Å². The summed E-state index contributed by atoms with van der Waals surface area (Å²) >= 11 is 0.866. The zero-order valence-corrected chi connectivity index (χ0v) is 14.5. The summed E-state index contributed by atoms with van der Waals surface area (Å²) in [4.78, 5) is 52.1. The second kappa shape index (κ2) is 4.99. The van der Waals surface area contributed by atoms with Crippen molar-refractivity contribution in [3.05, 3.63) is 77.3 Å². The summed E-state index contributed by atoms with van der Waals surface area (Å²) in [5, 5.41) is 0.463. The lowest BCUT2D eigenvalue weighted by Gasteiger charge is -2.01. The number of benzene rings is 4. The molecule has 0 saturated heterocycles. The number of anilines is 2. The van der Waals surface area contributed by atoms with E-state index in [1.165, 1.54) is 24.3 Å². The zero-order chi connectivity index (χ0) is 19.0. The van der Waals surface area contributed by atoms with Crippen molar-refractivity contribution in [2.24, 2.45) is 0 Å². The molecule has 0 atom stereocenters. The quantitative estimate of drug-likeness (QED) is 0.399. The minimum Gasteiger partial charge on any atom is -0.398 e. The van der Waals surface area contributed by atoms with Crippen molar-refractivity contribution in [2.45, 2.75) is 0 Å². The van der Waals surface area contributed by atoms with Gasteiger partial charge in [0.25, 0.3) is 0 Å². The Balaban J connectivity index is 2.25. The molecule has 5 rings (SSSR count). The van der Waals surface area contributed by atoms with Gasteiger partial charge in [-0.2, -0.15) is 0 Å². The van der Waals surface area contributed by atoms with Crippen molar-refractivity contribution in [3.63, 3.8) is 0 Å². The molecule has 0 unspecified atom stereocenters. The summed E-state index contributed by atoms with van der Waals surface area (Å²) in [5.41, 5.74) is 10.3. The van der Waals surface area contributed by atoms with E-state index in [4.69, 9.17) is 11.5 Å². The van der Waals surface area contributed by atoms with Crippen LogP contribution >= 0.6 is 11.3 Å². The predicted octanol–water partition coefficient (Wildman–Crippen LogP) is 1.84. The van der Waals surface area contributed by atoms with Crippen LogP contribution in [0.1, 0.15) is 0 Å². The van der Waals surface area contributed by atoms with Crippen LogP contribution in [0.3, 0.4) is 0 Å². The Morgan fingerprint density at radius 1 is 0.556 bits per heavy atom. The van der Waals surface area contributed by atoms with Crippen LogP contribution < -0.4 is 33.2 Å². The van der Waals surface area contributed by atoms with Gasteiger partial charge in [0.1, 0.15) is 0 Å². The number of nitrogens with two attached hydrogens (primary N) is 2. The van der Waals surface area contributed by atoms with Gasteiger partial charge in [-0.15, -0.1) is 11.3 Å². The van der Waals surface area contributed by atoms with Crippen LogP contribution in [-0.2, 0) is 0 Å². The molecule has 0 aliphatic carbocycles. The van der Waals surface area contributed by atoms with Crippen molar-refractivity contribution in [1.29, 1.82) is 0 Å². The van der Waals surface area contributed by atoms with Gasteiger partial charge in [-0.3, -0.25) is 19.2 Å². The molecule has 0 spiro atoms. The number of hydrogen-bond donors (Lipinski definition) is 2. The highest BCUT2D eigenvalue weighted by atomic mass is 32.1. The Kier molecular flexibility index (Phi) is 2.89. The molecule has 0 bridgehead atoms. The van der Waals surface area contributed by atoms with Gasteiger partial charge in [-0.05, 0) is 12.1 Å². The molecule has 0 saturated carbocycles. The largest absolute Gasteiger partial charge is 0.398 e. The van der Waals surface area contributed by atoms with E-state index in [0.717, 1.165) is 11.3 Å². The third-order valence-electron chi connectivity index (χ3n) is 4.91. The van der Waals surface area contributed by atoms with Crippen molar-refractivity contribution in [2.75, 3.05) is 11.5 Å². The Morgan fingerprint density at radius 3 is 1.67 bits per heavy atom. The first-order valence-electron chi connectivity index (χ1n) is 8.04. The topological polar surface area (TPSA) is 120 Å². The second-order valence-corrected chi connectivity index (χ2v) is 7.39. The minimum absolute atomic E-state index is 0.0228. The van der Waals surface area contributed by atoms with Gasteiger partial charge in [-0.25, -0.2) is 0 Å². The third-order valence-corrected chi connectivity index (χ3v) is 6.10. The van der Waals surface area contributed by atoms with Crippen LogP contribution in [0.5, 0.6) is 0 Å².